The average Bonchev–Trinajstić information content (AvgIpc) is 2.40. The highest BCUT2D eigenvalue weighted by molar-refractivity contribution is 5.41. The van der Waals surface area contributed by atoms with Gasteiger partial charge in [-0.1, -0.05) is 6.07 Å². The number of nitrogens with zero attached hydrogens (tertiary/aromatic N) is 3. The van der Waals surface area contributed by atoms with Gasteiger partial charge in [-0.3, -0.25) is 4.98 Å². The van der Waals surface area contributed by atoms with E-state index in [1.54, 1.807) is 24.5 Å². The number of nitrogens with one attached hydrogen (secondary N) is 1. The Balaban J connectivity index is 2.08. The summed E-state index contributed by atoms with van der Waals surface area (Å²) in [6.07, 6.45) is 5.12. The minimum absolute atomic E-state index is 0.129. The summed E-state index contributed by atoms with van der Waals surface area (Å²) in [5, 5.41) is 11.9. The van der Waals surface area contributed by atoms with E-state index >= 15 is 0 Å². The summed E-state index contributed by atoms with van der Waals surface area (Å²) in [5.41, 5.74) is 1.66. The maximum atomic E-state index is 8.67. The molecule has 17 heavy (non-hydrogen) atoms. The SMILES string of the molecule is CC(Nc1ccc(C#N)cn1)c1cccnc1. The fourth-order valence-corrected chi connectivity index (χ4v) is 1.48. The number of nitriles is 1. The zero-order valence-corrected chi connectivity index (χ0v) is 9.46. The van der Waals surface area contributed by atoms with Gasteiger partial charge in [-0.05, 0) is 30.7 Å². The lowest BCUT2D eigenvalue weighted by atomic mass is 10.1. The van der Waals surface area contributed by atoms with Gasteiger partial charge < -0.3 is 5.32 Å². The predicted molar refractivity (Wildman–Crippen MR) is 65.2 cm³/mol. The lowest BCUT2D eigenvalue weighted by Crippen LogP contribution is -2.07. The molecule has 4 nitrogen and oxygen atoms in total. The van der Waals surface area contributed by atoms with Crippen LogP contribution in [0, 0.1) is 11.3 Å². The van der Waals surface area contributed by atoms with Gasteiger partial charge in [0.05, 0.1) is 11.6 Å². The first-order chi connectivity index (χ1) is 8.29. The largest absolute Gasteiger partial charge is 0.363 e. The maximum Gasteiger partial charge on any atom is 0.126 e. The molecule has 0 aliphatic heterocycles. The fraction of sp³-hybridized carbons (Fsp3) is 0.154. The molecule has 2 aromatic rings. The molecular formula is C13H12N4. The second-order valence-corrected chi connectivity index (χ2v) is 3.70. The Labute approximate surface area is 100.0 Å². The molecule has 1 atom stereocenters. The Morgan fingerprint density at radius 3 is 2.76 bits per heavy atom. The van der Waals surface area contributed by atoms with Crippen LogP contribution in [0.15, 0.2) is 42.9 Å². The fourth-order valence-electron chi connectivity index (χ4n) is 1.48. The molecule has 0 radical (unpaired) electrons. The summed E-state index contributed by atoms with van der Waals surface area (Å²) in [5.74, 6) is 0.750. The van der Waals surface area contributed by atoms with Gasteiger partial charge in [0.2, 0.25) is 0 Å². The number of aromatic nitrogens is 2. The molecular weight excluding hydrogens is 212 g/mol. The zero-order valence-electron chi connectivity index (χ0n) is 9.46. The minimum atomic E-state index is 0.129. The zero-order chi connectivity index (χ0) is 12.1. The lowest BCUT2D eigenvalue weighted by molar-refractivity contribution is 0.866. The lowest BCUT2D eigenvalue weighted by Gasteiger charge is -2.14. The van der Waals surface area contributed by atoms with Crippen LogP contribution in [0.25, 0.3) is 0 Å². The quantitative estimate of drug-likeness (QED) is 0.870. The molecule has 84 valence electrons. The van der Waals surface area contributed by atoms with Crippen molar-refractivity contribution < 1.29 is 0 Å². The molecule has 2 aromatic heterocycles. The number of pyridine rings is 2. The van der Waals surface area contributed by atoms with Gasteiger partial charge in [0, 0.05) is 18.6 Å². The molecule has 1 N–H and O–H groups in total. The van der Waals surface area contributed by atoms with Gasteiger partial charge in [-0.25, -0.2) is 4.98 Å². The molecule has 0 aliphatic rings. The van der Waals surface area contributed by atoms with Crippen LogP contribution in [0.5, 0.6) is 0 Å². The third-order valence-electron chi connectivity index (χ3n) is 2.44. The van der Waals surface area contributed by atoms with Crippen LogP contribution >= 0.6 is 0 Å². The first kappa shape index (κ1) is 11.1. The van der Waals surface area contributed by atoms with Crippen LogP contribution in [0.2, 0.25) is 0 Å². The number of rotatable bonds is 3. The Kier molecular flexibility index (Phi) is 3.31. The van der Waals surface area contributed by atoms with Gasteiger partial charge >= 0.3 is 0 Å². The van der Waals surface area contributed by atoms with E-state index in [1.807, 2.05) is 31.3 Å². The highest BCUT2D eigenvalue weighted by Crippen LogP contribution is 2.16. The maximum absolute atomic E-state index is 8.67. The van der Waals surface area contributed by atoms with Crippen molar-refractivity contribution in [2.75, 3.05) is 5.32 Å². The van der Waals surface area contributed by atoms with Crippen molar-refractivity contribution in [3.63, 3.8) is 0 Å². The van der Waals surface area contributed by atoms with Crippen molar-refractivity contribution in [1.29, 1.82) is 5.26 Å². The molecule has 0 saturated carbocycles. The molecule has 0 amide bonds. The van der Waals surface area contributed by atoms with Crippen LogP contribution in [-0.4, -0.2) is 9.97 Å². The van der Waals surface area contributed by atoms with Crippen LogP contribution in [0.3, 0.4) is 0 Å². The highest BCUT2D eigenvalue weighted by atomic mass is 15.0. The molecule has 0 spiro atoms. The van der Waals surface area contributed by atoms with Gasteiger partial charge in [0.1, 0.15) is 11.9 Å². The average molecular weight is 224 g/mol. The minimum Gasteiger partial charge on any atom is -0.363 e. The molecule has 2 rings (SSSR count). The molecule has 0 bridgehead atoms. The monoisotopic (exact) mass is 224 g/mol. The number of hydrogen-bond acceptors (Lipinski definition) is 4. The van der Waals surface area contributed by atoms with Crippen molar-refractivity contribution in [3.05, 3.63) is 54.0 Å². The Morgan fingerprint density at radius 2 is 2.18 bits per heavy atom. The van der Waals surface area contributed by atoms with Crippen molar-refractivity contribution >= 4 is 5.82 Å². The van der Waals surface area contributed by atoms with E-state index in [1.165, 1.54) is 0 Å². The highest BCUT2D eigenvalue weighted by Gasteiger charge is 2.05. The van der Waals surface area contributed by atoms with Crippen molar-refractivity contribution in [3.8, 4) is 6.07 Å². The first-order valence-corrected chi connectivity index (χ1v) is 5.32. The predicted octanol–water partition coefficient (Wildman–Crippen LogP) is 2.52. The van der Waals surface area contributed by atoms with Gasteiger partial charge in [0.15, 0.2) is 0 Å². The Bertz CT molecular complexity index is 513. The summed E-state index contributed by atoms with van der Waals surface area (Å²) in [4.78, 5) is 8.23. The standard InChI is InChI=1S/C13H12N4/c1-10(12-3-2-6-15-9-12)17-13-5-4-11(7-14)8-16-13/h2-6,8-10H,1H3,(H,16,17). The third kappa shape index (κ3) is 2.79. The molecule has 4 heteroatoms. The van der Waals surface area contributed by atoms with Gasteiger partial charge in [-0.15, -0.1) is 0 Å². The first-order valence-electron chi connectivity index (χ1n) is 5.32. The normalized spacial score (nSPS) is 11.5. The summed E-state index contributed by atoms with van der Waals surface area (Å²) in [6, 6.07) is 9.62. The van der Waals surface area contributed by atoms with Gasteiger partial charge in [-0.2, -0.15) is 5.26 Å². The van der Waals surface area contributed by atoms with E-state index in [-0.39, 0.29) is 6.04 Å². The second-order valence-electron chi connectivity index (χ2n) is 3.70. The summed E-state index contributed by atoms with van der Waals surface area (Å²) < 4.78 is 0. The molecule has 1 unspecified atom stereocenters. The smallest absolute Gasteiger partial charge is 0.126 e. The molecule has 0 saturated heterocycles. The van der Waals surface area contributed by atoms with E-state index in [4.69, 9.17) is 5.26 Å². The van der Waals surface area contributed by atoms with E-state index < -0.39 is 0 Å². The van der Waals surface area contributed by atoms with Crippen LogP contribution < -0.4 is 5.32 Å². The summed E-state index contributed by atoms with van der Waals surface area (Å²) in [7, 11) is 0. The molecule has 0 aromatic carbocycles. The van der Waals surface area contributed by atoms with Crippen molar-refractivity contribution in [2.24, 2.45) is 0 Å². The van der Waals surface area contributed by atoms with Crippen LogP contribution in [0.1, 0.15) is 24.1 Å². The topological polar surface area (TPSA) is 61.6 Å². The van der Waals surface area contributed by atoms with E-state index in [0.29, 0.717) is 5.56 Å². The van der Waals surface area contributed by atoms with Crippen LogP contribution in [-0.2, 0) is 0 Å². The Hall–Kier alpha value is -2.41. The van der Waals surface area contributed by atoms with E-state index in [0.717, 1.165) is 11.4 Å². The third-order valence-corrected chi connectivity index (χ3v) is 2.44. The second kappa shape index (κ2) is 5.08. The van der Waals surface area contributed by atoms with Crippen LogP contribution in [0.4, 0.5) is 5.82 Å². The van der Waals surface area contributed by atoms with Gasteiger partial charge in [0.25, 0.3) is 0 Å². The number of hydrogen-bond donors (Lipinski definition) is 1. The molecule has 2 heterocycles. The molecule has 0 fully saturated rings. The Morgan fingerprint density at radius 1 is 1.29 bits per heavy atom. The summed E-state index contributed by atoms with van der Waals surface area (Å²) in [6.45, 7) is 2.04. The van der Waals surface area contributed by atoms with Crippen molar-refractivity contribution in [1.82, 2.24) is 9.97 Å². The summed E-state index contributed by atoms with van der Waals surface area (Å²) >= 11 is 0. The van der Waals surface area contributed by atoms with E-state index in [9.17, 15) is 0 Å². The van der Waals surface area contributed by atoms with Crippen molar-refractivity contribution in [2.45, 2.75) is 13.0 Å². The molecule has 0 aliphatic carbocycles. The van der Waals surface area contributed by atoms with E-state index in [2.05, 4.69) is 15.3 Å². The number of anilines is 1.